The second kappa shape index (κ2) is 7.56. The fraction of sp³-hybridized carbons (Fsp3) is 0.250. The van der Waals surface area contributed by atoms with Gasteiger partial charge in [-0.15, -0.1) is 11.3 Å². The average molecular weight is 381 g/mol. The van der Waals surface area contributed by atoms with Crippen LogP contribution in [0.2, 0.25) is 0 Å². The molecule has 0 aliphatic carbocycles. The molecule has 0 saturated heterocycles. The molecule has 0 atom stereocenters. The predicted molar refractivity (Wildman–Crippen MR) is 91.8 cm³/mol. The molecule has 1 N–H and O–H groups in total. The molecule has 0 aliphatic heterocycles. The van der Waals surface area contributed by atoms with Gasteiger partial charge in [0.2, 0.25) is 5.91 Å². The van der Waals surface area contributed by atoms with Crippen molar-refractivity contribution in [2.45, 2.75) is 20.0 Å². The number of benzene rings is 1. The van der Waals surface area contributed by atoms with Gasteiger partial charge in [0, 0.05) is 31.0 Å². The van der Waals surface area contributed by atoms with Gasteiger partial charge in [-0.3, -0.25) is 9.59 Å². The lowest BCUT2D eigenvalue weighted by molar-refractivity contribution is -0.119. The molecular formula is C16H17BrN2O2S. The molecule has 6 heteroatoms. The molecule has 22 heavy (non-hydrogen) atoms. The van der Waals surface area contributed by atoms with E-state index in [1.165, 1.54) is 6.92 Å². The summed E-state index contributed by atoms with van der Waals surface area (Å²) in [6.07, 6.45) is 0. The van der Waals surface area contributed by atoms with Crippen molar-refractivity contribution in [3.05, 3.63) is 56.2 Å². The average Bonchev–Trinajstić information content (AvgIpc) is 2.90. The third-order valence-electron chi connectivity index (χ3n) is 3.11. The van der Waals surface area contributed by atoms with Gasteiger partial charge in [-0.25, -0.2) is 0 Å². The summed E-state index contributed by atoms with van der Waals surface area (Å²) < 4.78 is 1.06. The molecule has 0 fully saturated rings. The SMILES string of the molecule is CC(=O)NCc1ccc(C(=O)N(C)Cc2ccc(Br)s2)cc1. The molecule has 4 nitrogen and oxygen atoms in total. The Kier molecular flexibility index (Phi) is 5.74. The number of hydrogen-bond acceptors (Lipinski definition) is 3. The number of hydrogen-bond donors (Lipinski definition) is 1. The number of carbonyl (C=O) groups excluding carboxylic acids is 2. The van der Waals surface area contributed by atoms with Crippen molar-refractivity contribution in [3.63, 3.8) is 0 Å². The third kappa shape index (κ3) is 4.68. The normalized spacial score (nSPS) is 10.3. The van der Waals surface area contributed by atoms with E-state index in [2.05, 4.69) is 21.2 Å². The minimum absolute atomic E-state index is 0.0180. The standard InChI is InChI=1S/C16H17BrN2O2S/c1-11(20)18-9-12-3-5-13(6-4-12)16(21)19(2)10-14-7-8-15(17)22-14/h3-8H,9-10H2,1-2H3,(H,18,20). The molecule has 116 valence electrons. The van der Waals surface area contributed by atoms with Crippen LogP contribution in [0.1, 0.15) is 27.7 Å². The number of carbonyl (C=O) groups is 2. The second-order valence-electron chi connectivity index (χ2n) is 4.97. The van der Waals surface area contributed by atoms with Gasteiger partial charge in [0.25, 0.3) is 5.91 Å². The summed E-state index contributed by atoms with van der Waals surface area (Å²) in [5.41, 5.74) is 1.61. The van der Waals surface area contributed by atoms with Crippen molar-refractivity contribution in [1.29, 1.82) is 0 Å². The maximum Gasteiger partial charge on any atom is 0.253 e. The van der Waals surface area contributed by atoms with Crippen LogP contribution < -0.4 is 5.32 Å². The highest BCUT2D eigenvalue weighted by molar-refractivity contribution is 9.11. The van der Waals surface area contributed by atoms with E-state index in [9.17, 15) is 9.59 Å². The van der Waals surface area contributed by atoms with Crippen LogP contribution in [0.3, 0.4) is 0 Å². The zero-order chi connectivity index (χ0) is 16.1. The molecule has 1 heterocycles. The van der Waals surface area contributed by atoms with Gasteiger partial charge in [0.05, 0.1) is 10.3 Å². The van der Waals surface area contributed by atoms with Crippen molar-refractivity contribution in [1.82, 2.24) is 10.2 Å². The van der Waals surface area contributed by atoms with E-state index in [4.69, 9.17) is 0 Å². The molecule has 0 spiro atoms. The lowest BCUT2D eigenvalue weighted by Crippen LogP contribution is -2.25. The molecule has 0 radical (unpaired) electrons. The van der Waals surface area contributed by atoms with Crippen LogP contribution in [-0.2, 0) is 17.9 Å². The monoisotopic (exact) mass is 380 g/mol. The smallest absolute Gasteiger partial charge is 0.253 e. The highest BCUT2D eigenvalue weighted by Gasteiger charge is 2.12. The lowest BCUT2D eigenvalue weighted by Gasteiger charge is -2.16. The summed E-state index contributed by atoms with van der Waals surface area (Å²) in [7, 11) is 1.79. The molecule has 2 amide bonds. The van der Waals surface area contributed by atoms with Crippen LogP contribution in [0.15, 0.2) is 40.2 Å². The highest BCUT2D eigenvalue weighted by atomic mass is 79.9. The Morgan fingerprint density at radius 3 is 2.41 bits per heavy atom. The van der Waals surface area contributed by atoms with E-state index in [0.29, 0.717) is 18.7 Å². The summed E-state index contributed by atoms with van der Waals surface area (Å²) in [6.45, 7) is 2.54. The Balaban J connectivity index is 1.97. The Morgan fingerprint density at radius 1 is 1.18 bits per heavy atom. The lowest BCUT2D eigenvalue weighted by atomic mass is 10.1. The summed E-state index contributed by atoms with van der Waals surface area (Å²) >= 11 is 5.04. The summed E-state index contributed by atoms with van der Waals surface area (Å²) in [5, 5.41) is 2.73. The second-order valence-corrected chi connectivity index (χ2v) is 7.52. The summed E-state index contributed by atoms with van der Waals surface area (Å²) in [5.74, 6) is -0.0856. The van der Waals surface area contributed by atoms with Crippen molar-refractivity contribution in [2.75, 3.05) is 7.05 Å². The molecular weight excluding hydrogens is 364 g/mol. The minimum atomic E-state index is -0.0676. The first kappa shape index (κ1) is 16.7. The van der Waals surface area contributed by atoms with Crippen molar-refractivity contribution in [3.8, 4) is 0 Å². The van der Waals surface area contributed by atoms with Gasteiger partial charge in [0.1, 0.15) is 0 Å². The van der Waals surface area contributed by atoms with Crippen LogP contribution in [0.5, 0.6) is 0 Å². The van der Waals surface area contributed by atoms with Crippen LogP contribution in [0, 0.1) is 0 Å². The van der Waals surface area contributed by atoms with Crippen LogP contribution >= 0.6 is 27.3 Å². The van der Waals surface area contributed by atoms with Crippen LogP contribution in [-0.4, -0.2) is 23.8 Å². The van der Waals surface area contributed by atoms with Gasteiger partial charge < -0.3 is 10.2 Å². The number of nitrogens with zero attached hydrogens (tertiary/aromatic N) is 1. The van der Waals surface area contributed by atoms with Gasteiger partial charge in [-0.2, -0.15) is 0 Å². The molecule has 0 unspecified atom stereocenters. The first-order chi connectivity index (χ1) is 10.5. The van der Waals surface area contributed by atoms with Crippen LogP contribution in [0.4, 0.5) is 0 Å². The maximum absolute atomic E-state index is 12.4. The third-order valence-corrected chi connectivity index (χ3v) is 4.72. The predicted octanol–water partition coefficient (Wildman–Crippen LogP) is 3.42. The first-order valence-electron chi connectivity index (χ1n) is 6.79. The number of amides is 2. The molecule has 0 aliphatic rings. The van der Waals surface area contributed by atoms with E-state index in [0.717, 1.165) is 14.2 Å². The Bertz CT molecular complexity index is 667. The Labute approximate surface area is 142 Å². The zero-order valence-corrected chi connectivity index (χ0v) is 14.8. The molecule has 2 rings (SSSR count). The number of nitrogens with one attached hydrogen (secondary N) is 1. The van der Waals surface area contributed by atoms with Gasteiger partial charge in [-0.05, 0) is 45.8 Å². The van der Waals surface area contributed by atoms with Gasteiger partial charge in [0.15, 0.2) is 0 Å². The quantitative estimate of drug-likeness (QED) is 0.863. The number of thiophene rings is 1. The molecule has 2 aromatic rings. The number of halogens is 1. The maximum atomic E-state index is 12.4. The Hall–Kier alpha value is -1.66. The van der Waals surface area contributed by atoms with Crippen LogP contribution in [0.25, 0.3) is 0 Å². The first-order valence-corrected chi connectivity index (χ1v) is 8.39. The fourth-order valence-electron chi connectivity index (χ4n) is 1.95. The van der Waals surface area contributed by atoms with Gasteiger partial charge >= 0.3 is 0 Å². The van der Waals surface area contributed by atoms with E-state index in [1.807, 2.05) is 24.3 Å². The van der Waals surface area contributed by atoms with Crippen molar-refractivity contribution in [2.24, 2.45) is 0 Å². The Morgan fingerprint density at radius 2 is 1.86 bits per heavy atom. The molecule has 1 aromatic heterocycles. The van der Waals surface area contributed by atoms with Crippen molar-refractivity contribution >= 4 is 39.1 Å². The van der Waals surface area contributed by atoms with E-state index >= 15 is 0 Å². The van der Waals surface area contributed by atoms with Gasteiger partial charge in [-0.1, -0.05) is 12.1 Å². The van der Waals surface area contributed by atoms with E-state index in [-0.39, 0.29) is 11.8 Å². The minimum Gasteiger partial charge on any atom is -0.352 e. The molecule has 1 aromatic carbocycles. The topological polar surface area (TPSA) is 49.4 Å². The molecule has 0 saturated carbocycles. The fourth-order valence-corrected chi connectivity index (χ4v) is 3.49. The molecule has 0 bridgehead atoms. The largest absolute Gasteiger partial charge is 0.352 e. The summed E-state index contributed by atoms with van der Waals surface area (Å²) in [4.78, 5) is 26.1. The zero-order valence-electron chi connectivity index (χ0n) is 12.4. The summed E-state index contributed by atoms with van der Waals surface area (Å²) in [6, 6.07) is 11.3. The van der Waals surface area contributed by atoms with E-state index in [1.54, 1.807) is 35.4 Å². The number of rotatable bonds is 5. The highest BCUT2D eigenvalue weighted by Crippen LogP contribution is 2.23. The van der Waals surface area contributed by atoms with E-state index < -0.39 is 0 Å². The van der Waals surface area contributed by atoms with Crippen molar-refractivity contribution < 1.29 is 9.59 Å².